The van der Waals surface area contributed by atoms with Crippen LogP contribution in [-0.4, -0.2) is 13.0 Å². The van der Waals surface area contributed by atoms with Gasteiger partial charge in [-0.1, -0.05) is 185 Å². The quantitative estimate of drug-likeness (QED) is 0.0946. The van der Waals surface area contributed by atoms with Crippen LogP contribution >= 0.6 is 0 Å². The molecule has 1 aromatic rings. The van der Waals surface area contributed by atoms with Crippen molar-refractivity contribution in [2.45, 2.75) is 173 Å². The molecule has 0 aromatic heterocycles. The molecule has 0 radical (unpaired) electrons. The molecule has 0 saturated carbocycles. The van der Waals surface area contributed by atoms with Crippen molar-refractivity contribution in [3.63, 3.8) is 0 Å². The molecule has 0 aliphatic heterocycles. The molecule has 1 unspecified atom stereocenters. The van der Waals surface area contributed by atoms with E-state index >= 15 is 0 Å². The molecular weight excluding hydrogens is 476 g/mol. The Hall–Kier alpha value is -0.870. The summed E-state index contributed by atoms with van der Waals surface area (Å²) < 4.78 is 34.8. The van der Waals surface area contributed by atoms with Gasteiger partial charge in [-0.25, -0.2) is 0 Å². The summed E-state index contributed by atoms with van der Waals surface area (Å²) in [6.45, 7) is 4.48. The molecule has 4 heteroatoms. The normalized spacial score (nSPS) is 13.6. The number of hydrogen-bond acceptors (Lipinski definition) is 2. The summed E-state index contributed by atoms with van der Waals surface area (Å²) in [6.07, 6.45) is 28.5. The van der Waals surface area contributed by atoms with E-state index in [0.29, 0.717) is 12.8 Å². The van der Waals surface area contributed by atoms with Crippen molar-refractivity contribution in [1.82, 2.24) is 0 Å². The van der Waals surface area contributed by atoms with Crippen molar-refractivity contribution in [2.75, 3.05) is 0 Å². The Morgan fingerprint density at radius 3 is 1.11 bits per heavy atom. The SMILES string of the molecule is CCCCCCCCCCCCCCCCCCC(CCCCCCCC)(c1ccccc1)S(=O)(=O)O. The van der Waals surface area contributed by atoms with Crippen LogP contribution in [0.15, 0.2) is 30.3 Å². The van der Waals surface area contributed by atoms with Gasteiger partial charge in [0.15, 0.2) is 0 Å². The summed E-state index contributed by atoms with van der Waals surface area (Å²) >= 11 is 0. The third kappa shape index (κ3) is 15.3. The van der Waals surface area contributed by atoms with E-state index in [1.165, 1.54) is 103 Å². The van der Waals surface area contributed by atoms with Gasteiger partial charge in [-0.2, -0.15) is 8.42 Å². The predicted octanol–water partition coefficient (Wildman–Crippen LogP) is 11.2. The number of benzene rings is 1. The van der Waals surface area contributed by atoms with E-state index in [4.69, 9.17) is 0 Å². The minimum absolute atomic E-state index is 0.515. The second-order valence-corrected chi connectivity index (χ2v) is 13.1. The maximum absolute atomic E-state index is 12.8. The summed E-state index contributed by atoms with van der Waals surface area (Å²) in [7, 11) is -4.20. The highest BCUT2D eigenvalue weighted by Crippen LogP contribution is 2.40. The number of hydrogen-bond donors (Lipinski definition) is 1. The lowest BCUT2D eigenvalue weighted by atomic mass is 9.87. The number of rotatable bonds is 26. The van der Waals surface area contributed by atoms with E-state index in [-0.39, 0.29) is 0 Å². The van der Waals surface area contributed by atoms with Crippen molar-refractivity contribution >= 4 is 10.1 Å². The maximum Gasteiger partial charge on any atom is 0.274 e. The monoisotopic (exact) mass is 536 g/mol. The van der Waals surface area contributed by atoms with Gasteiger partial charge in [-0.3, -0.25) is 4.55 Å². The van der Waals surface area contributed by atoms with Crippen LogP contribution < -0.4 is 0 Å². The zero-order chi connectivity index (χ0) is 27.1. The van der Waals surface area contributed by atoms with Gasteiger partial charge < -0.3 is 0 Å². The average molecular weight is 537 g/mol. The second kappa shape index (κ2) is 22.0. The minimum atomic E-state index is -4.20. The van der Waals surface area contributed by atoms with E-state index in [2.05, 4.69) is 13.8 Å². The van der Waals surface area contributed by atoms with Crippen molar-refractivity contribution in [3.8, 4) is 0 Å². The fraction of sp³-hybridized carbons (Fsp3) is 0.818. The first-order valence-corrected chi connectivity index (χ1v) is 17.4. The Morgan fingerprint density at radius 2 is 0.811 bits per heavy atom. The third-order valence-corrected chi connectivity index (χ3v) is 9.79. The molecule has 0 aliphatic carbocycles. The molecule has 0 spiro atoms. The molecule has 0 saturated heterocycles. The lowest BCUT2D eigenvalue weighted by Crippen LogP contribution is -2.35. The summed E-state index contributed by atoms with van der Waals surface area (Å²) in [5.74, 6) is 0. The predicted molar refractivity (Wildman–Crippen MR) is 162 cm³/mol. The lowest BCUT2D eigenvalue weighted by molar-refractivity contribution is 0.373. The molecule has 216 valence electrons. The van der Waals surface area contributed by atoms with Gasteiger partial charge in [-0.15, -0.1) is 0 Å². The van der Waals surface area contributed by atoms with Crippen LogP contribution in [0.4, 0.5) is 0 Å². The van der Waals surface area contributed by atoms with Gasteiger partial charge in [0.05, 0.1) is 0 Å². The summed E-state index contributed by atoms with van der Waals surface area (Å²) in [5, 5.41) is 0. The van der Waals surface area contributed by atoms with Crippen LogP contribution in [0.1, 0.15) is 174 Å². The fourth-order valence-corrected chi connectivity index (χ4v) is 6.95. The first-order chi connectivity index (χ1) is 18.0. The summed E-state index contributed by atoms with van der Waals surface area (Å²) in [4.78, 5) is 0. The smallest absolute Gasteiger partial charge is 0.274 e. The Balaban J connectivity index is 2.31. The highest BCUT2D eigenvalue weighted by molar-refractivity contribution is 7.86. The van der Waals surface area contributed by atoms with Crippen molar-refractivity contribution in [1.29, 1.82) is 0 Å². The van der Waals surface area contributed by atoms with E-state index < -0.39 is 14.9 Å². The van der Waals surface area contributed by atoms with Crippen LogP contribution in [0.5, 0.6) is 0 Å². The van der Waals surface area contributed by atoms with Gasteiger partial charge >= 0.3 is 0 Å². The van der Waals surface area contributed by atoms with Crippen molar-refractivity contribution < 1.29 is 13.0 Å². The number of unbranched alkanes of at least 4 members (excludes halogenated alkanes) is 20. The molecule has 0 aliphatic rings. The molecule has 0 amide bonds. The molecule has 1 atom stereocenters. The van der Waals surface area contributed by atoms with E-state index in [9.17, 15) is 13.0 Å². The van der Waals surface area contributed by atoms with E-state index in [1.807, 2.05) is 30.3 Å². The Labute approximate surface area is 231 Å². The highest BCUT2D eigenvalue weighted by atomic mass is 32.2. The molecule has 1 rings (SSSR count). The van der Waals surface area contributed by atoms with Gasteiger partial charge in [0.1, 0.15) is 4.75 Å². The van der Waals surface area contributed by atoms with Crippen LogP contribution in [-0.2, 0) is 14.9 Å². The Morgan fingerprint density at radius 1 is 0.514 bits per heavy atom. The molecule has 3 nitrogen and oxygen atoms in total. The highest BCUT2D eigenvalue weighted by Gasteiger charge is 2.43. The zero-order valence-corrected chi connectivity index (χ0v) is 25.3. The molecule has 0 bridgehead atoms. The standard InChI is InChI=1S/C33H60O3S/c1-3-5-7-9-11-12-13-14-15-16-17-18-19-20-22-27-31-33(37(34,35)36,32-28-24-23-25-29-32)30-26-21-10-8-6-4-2/h23-25,28-29H,3-22,26-27,30-31H2,1-2H3,(H,34,35,36). The van der Waals surface area contributed by atoms with Crippen molar-refractivity contribution in [2.24, 2.45) is 0 Å². The van der Waals surface area contributed by atoms with Gasteiger partial charge in [-0.05, 0) is 18.4 Å². The van der Waals surface area contributed by atoms with E-state index in [1.54, 1.807) is 0 Å². The lowest BCUT2D eigenvalue weighted by Gasteiger charge is -2.31. The van der Waals surface area contributed by atoms with Gasteiger partial charge in [0, 0.05) is 0 Å². The second-order valence-electron chi connectivity index (χ2n) is 11.4. The topological polar surface area (TPSA) is 54.4 Å². The molecule has 0 heterocycles. The Bertz CT molecular complexity index is 731. The first kappa shape index (κ1) is 34.2. The maximum atomic E-state index is 12.8. The van der Waals surface area contributed by atoms with Crippen LogP contribution in [0.3, 0.4) is 0 Å². The van der Waals surface area contributed by atoms with Crippen LogP contribution in [0.2, 0.25) is 0 Å². The van der Waals surface area contributed by atoms with Crippen LogP contribution in [0, 0.1) is 0 Å². The largest absolute Gasteiger partial charge is 0.285 e. The average Bonchev–Trinajstić information content (AvgIpc) is 2.89. The van der Waals surface area contributed by atoms with Crippen LogP contribution in [0.25, 0.3) is 0 Å². The van der Waals surface area contributed by atoms with Gasteiger partial charge in [0.2, 0.25) is 0 Å². The van der Waals surface area contributed by atoms with Gasteiger partial charge in [0.25, 0.3) is 10.1 Å². The van der Waals surface area contributed by atoms with E-state index in [0.717, 1.165) is 44.1 Å². The fourth-order valence-electron chi connectivity index (χ4n) is 5.71. The first-order valence-electron chi connectivity index (χ1n) is 16.0. The third-order valence-electron chi connectivity index (χ3n) is 8.16. The summed E-state index contributed by atoms with van der Waals surface area (Å²) in [5.41, 5.74) is 0.756. The Kier molecular flexibility index (Phi) is 20.3. The molecule has 37 heavy (non-hydrogen) atoms. The molecule has 1 N–H and O–H groups in total. The van der Waals surface area contributed by atoms with Crippen molar-refractivity contribution in [3.05, 3.63) is 35.9 Å². The summed E-state index contributed by atoms with van der Waals surface area (Å²) in [6, 6.07) is 9.47. The zero-order valence-electron chi connectivity index (χ0n) is 24.5. The molecular formula is C33H60O3S. The molecule has 0 fully saturated rings. The molecule has 1 aromatic carbocycles. The minimum Gasteiger partial charge on any atom is -0.285 e.